The fourth-order valence-electron chi connectivity index (χ4n) is 2.85. The largest absolute Gasteiger partial charge is 0.350 e. The van der Waals surface area contributed by atoms with Crippen LogP contribution >= 0.6 is 0 Å². The predicted octanol–water partition coefficient (Wildman–Crippen LogP) is 3.76. The Balaban J connectivity index is 0.000000131. The topological polar surface area (TPSA) is 35.6 Å². The molecule has 4 aromatic rings. The molecule has 0 atom stereocenters. The molecule has 0 amide bonds. The van der Waals surface area contributed by atoms with Crippen molar-refractivity contribution in [3.8, 4) is 0 Å². The van der Waals surface area contributed by atoms with Crippen molar-refractivity contribution in [2.75, 3.05) is 0 Å². The molecule has 3 heterocycles. The molecular weight excluding hydrogens is 272 g/mol. The molecule has 0 aliphatic heterocycles. The molecule has 4 nitrogen and oxygen atoms in total. The number of nitrogens with zero attached hydrogens (tertiary/aromatic N) is 4. The van der Waals surface area contributed by atoms with Crippen molar-refractivity contribution in [3.05, 3.63) is 60.3 Å². The summed E-state index contributed by atoms with van der Waals surface area (Å²) >= 11 is 0. The van der Waals surface area contributed by atoms with Crippen LogP contribution in [0.2, 0.25) is 0 Å². The lowest BCUT2D eigenvalue weighted by molar-refractivity contribution is 0.940. The van der Waals surface area contributed by atoms with Crippen molar-refractivity contribution in [2.45, 2.75) is 13.8 Å². The molecule has 0 aliphatic carbocycles. The van der Waals surface area contributed by atoms with Gasteiger partial charge in [0.05, 0.1) is 0 Å². The summed E-state index contributed by atoms with van der Waals surface area (Å²) in [5.74, 6) is 0. The lowest BCUT2D eigenvalue weighted by Crippen LogP contribution is -1.86. The quantitative estimate of drug-likeness (QED) is 0.494. The van der Waals surface area contributed by atoms with Crippen LogP contribution in [-0.2, 0) is 14.1 Å². The van der Waals surface area contributed by atoms with Gasteiger partial charge in [-0.3, -0.25) is 0 Å². The van der Waals surface area contributed by atoms with Crippen molar-refractivity contribution in [1.82, 2.24) is 19.1 Å². The van der Waals surface area contributed by atoms with Gasteiger partial charge in [0.2, 0.25) is 0 Å². The van der Waals surface area contributed by atoms with E-state index < -0.39 is 0 Å². The molecule has 0 spiro atoms. The van der Waals surface area contributed by atoms with E-state index in [-0.39, 0.29) is 0 Å². The van der Waals surface area contributed by atoms with Gasteiger partial charge in [0, 0.05) is 49.0 Å². The maximum absolute atomic E-state index is 4.15. The van der Waals surface area contributed by atoms with Gasteiger partial charge < -0.3 is 9.13 Å². The summed E-state index contributed by atoms with van der Waals surface area (Å²) in [7, 11) is 4.07. The summed E-state index contributed by atoms with van der Waals surface area (Å²) in [6, 6.07) is 8.45. The minimum absolute atomic E-state index is 0.998. The second-order valence-electron chi connectivity index (χ2n) is 5.62. The number of hydrogen-bond acceptors (Lipinski definition) is 2. The number of para-hydroxylation sites is 1. The zero-order valence-electron chi connectivity index (χ0n) is 13.4. The SMILES string of the molecule is Cc1cn(C)c2ccccc12.Cc1cn(C)c2ncncc12. The van der Waals surface area contributed by atoms with Crippen LogP contribution in [-0.4, -0.2) is 19.1 Å². The highest BCUT2D eigenvalue weighted by molar-refractivity contribution is 5.83. The molecular formula is C18H20N4. The maximum atomic E-state index is 4.15. The van der Waals surface area contributed by atoms with Gasteiger partial charge >= 0.3 is 0 Å². The van der Waals surface area contributed by atoms with Crippen molar-refractivity contribution >= 4 is 21.9 Å². The number of rotatable bonds is 0. The molecule has 4 rings (SSSR count). The Kier molecular flexibility index (Phi) is 3.67. The Labute approximate surface area is 130 Å². The van der Waals surface area contributed by atoms with E-state index in [2.05, 4.69) is 72.1 Å². The molecule has 22 heavy (non-hydrogen) atoms. The number of benzene rings is 1. The molecule has 112 valence electrons. The highest BCUT2D eigenvalue weighted by Gasteiger charge is 2.01. The Morgan fingerprint density at radius 1 is 0.864 bits per heavy atom. The average Bonchev–Trinajstić information content (AvgIpc) is 2.99. The van der Waals surface area contributed by atoms with Crippen LogP contribution in [0.3, 0.4) is 0 Å². The summed E-state index contributed by atoms with van der Waals surface area (Å²) < 4.78 is 4.16. The van der Waals surface area contributed by atoms with Gasteiger partial charge in [-0.1, -0.05) is 18.2 Å². The predicted molar refractivity (Wildman–Crippen MR) is 90.9 cm³/mol. The van der Waals surface area contributed by atoms with Gasteiger partial charge in [0.15, 0.2) is 0 Å². The minimum Gasteiger partial charge on any atom is -0.350 e. The van der Waals surface area contributed by atoms with Crippen LogP contribution in [0, 0.1) is 13.8 Å². The molecule has 0 unspecified atom stereocenters. The Morgan fingerprint density at radius 2 is 1.55 bits per heavy atom. The first-order chi connectivity index (χ1) is 10.6. The molecule has 0 aliphatic rings. The normalized spacial score (nSPS) is 10.7. The van der Waals surface area contributed by atoms with Crippen molar-refractivity contribution in [3.63, 3.8) is 0 Å². The van der Waals surface area contributed by atoms with E-state index in [1.54, 1.807) is 6.33 Å². The molecule has 0 bridgehead atoms. The van der Waals surface area contributed by atoms with Crippen LogP contribution in [0.1, 0.15) is 11.1 Å². The second kappa shape index (κ2) is 5.64. The Bertz CT molecular complexity index is 781. The fourth-order valence-corrected chi connectivity index (χ4v) is 2.85. The first-order valence-electron chi connectivity index (χ1n) is 7.30. The van der Waals surface area contributed by atoms with Gasteiger partial charge in [-0.25, -0.2) is 9.97 Å². The Hall–Kier alpha value is -2.62. The molecule has 1 aromatic carbocycles. The molecule has 0 saturated carbocycles. The van der Waals surface area contributed by atoms with Crippen molar-refractivity contribution in [2.24, 2.45) is 14.1 Å². The monoisotopic (exact) mass is 292 g/mol. The van der Waals surface area contributed by atoms with Crippen LogP contribution in [0.5, 0.6) is 0 Å². The summed E-state index contributed by atoms with van der Waals surface area (Å²) in [5.41, 5.74) is 4.88. The van der Waals surface area contributed by atoms with Crippen LogP contribution < -0.4 is 0 Å². The van der Waals surface area contributed by atoms with Gasteiger partial charge in [0.25, 0.3) is 0 Å². The lowest BCUT2D eigenvalue weighted by Gasteiger charge is -1.92. The molecule has 4 heteroatoms. The molecule has 0 fully saturated rings. The van der Waals surface area contributed by atoms with Crippen LogP contribution in [0.25, 0.3) is 21.9 Å². The van der Waals surface area contributed by atoms with Crippen molar-refractivity contribution in [1.29, 1.82) is 0 Å². The number of fused-ring (bicyclic) bond motifs is 2. The van der Waals surface area contributed by atoms with E-state index in [1.807, 2.05) is 17.8 Å². The zero-order valence-corrected chi connectivity index (χ0v) is 13.4. The first-order valence-corrected chi connectivity index (χ1v) is 7.30. The third kappa shape index (κ3) is 2.48. The highest BCUT2D eigenvalue weighted by atomic mass is 15.0. The molecule has 0 saturated heterocycles. The van der Waals surface area contributed by atoms with Crippen LogP contribution in [0.15, 0.2) is 49.2 Å². The molecule has 0 N–H and O–H groups in total. The fraction of sp³-hybridized carbons (Fsp3) is 0.222. The van der Waals surface area contributed by atoms with Crippen LogP contribution in [0.4, 0.5) is 0 Å². The van der Waals surface area contributed by atoms with E-state index >= 15 is 0 Å². The summed E-state index contributed by atoms with van der Waals surface area (Å²) in [5, 5.41) is 2.49. The Morgan fingerprint density at radius 3 is 2.27 bits per heavy atom. The summed E-state index contributed by atoms with van der Waals surface area (Å²) in [4.78, 5) is 8.12. The average molecular weight is 292 g/mol. The van der Waals surface area contributed by atoms with E-state index in [4.69, 9.17) is 0 Å². The number of aryl methyl sites for hydroxylation is 4. The number of hydrogen-bond donors (Lipinski definition) is 0. The van der Waals surface area contributed by atoms with E-state index in [9.17, 15) is 0 Å². The van der Waals surface area contributed by atoms with Gasteiger partial charge in [-0.05, 0) is 31.0 Å². The smallest absolute Gasteiger partial charge is 0.143 e. The van der Waals surface area contributed by atoms with E-state index in [1.165, 1.54) is 22.0 Å². The summed E-state index contributed by atoms with van der Waals surface area (Å²) in [6.45, 7) is 4.20. The highest BCUT2D eigenvalue weighted by Crippen LogP contribution is 2.18. The van der Waals surface area contributed by atoms with Gasteiger partial charge in [-0.2, -0.15) is 0 Å². The third-order valence-electron chi connectivity index (χ3n) is 3.93. The second-order valence-corrected chi connectivity index (χ2v) is 5.62. The lowest BCUT2D eigenvalue weighted by atomic mass is 10.2. The number of aromatic nitrogens is 4. The first kappa shape index (κ1) is 14.3. The van der Waals surface area contributed by atoms with E-state index in [0.717, 1.165) is 11.0 Å². The molecule has 0 radical (unpaired) electrons. The third-order valence-corrected chi connectivity index (χ3v) is 3.93. The minimum atomic E-state index is 0.998. The van der Waals surface area contributed by atoms with Gasteiger partial charge in [0.1, 0.15) is 12.0 Å². The molecule has 3 aromatic heterocycles. The standard InChI is InChI=1S/C10H11N.C8H9N3/c1-8-7-11(2)10-6-4-3-5-9(8)10;1-6-4-11(2)8-7(6)3-9-5-10-8/h3-7H,1-2H3;3-5H,1-2H3. The van der Waals surface area contributed by atoms with Crippen molar-refractivity contribution < 1.29 is 0 Å². The van der Waals surface area contributed by atoms with Gasteiger partial charge in [-0.15, -0.1) is 0 Å². The summed E-state index contributed by atoms with van der Waals surface area (Å²) in [6.07, 6.45) is 7.63. The zero-order chi connectivity index (χ0) is 15.7. The maximum Gasteiger partial charge on any atom is 0.143 e. The van der Waals surface area contributed by atoms with E-state index in [0.29, 0.717) is 0 Å².